The first kappa shape index (κ1) is 9.15. The van der Waals surface area contributed by atoms with Crippen molar-refractivity contribution in [2.75, 3.05) is 0 Å². The Bertz CT molecular complexity index is 451. The second kappa shape index (κ2) is 3.38. The summed E-state index contributed by atoms with van der Waals surface area (Å²) < 4.78 is 25.5. The Balaban J connectivity index is 2.60. The molecule has 1 heterocycles. The fourth-order valence-corrected chi connectivity index (χ4v) is 1.92. The van der Waals surface area contributed by atoms with E-state index in [0.717, 1.165) is 12.1 Å². The van der Waals surface area contributed by atoms with Gasteiger partial charge in [0.05, 0.1) is 0 Å². The Kier molecular flexibility index (Phi) is 2.21. The van der Waals surface area contributed by atoms with Gasteiger partial charge in [0.2, 0.25) is 0 Å². The van der Waals surface area contributed by atoms with Crippen LogP contribution in [-0.4, -0.2) is 5.11 Å². The number of hydrogen-bond acceptors (Lipinski definition) is 2. The maximum absolute atomic E-state index is 12.9. The van der Waals surface area contributed by atoms with Crippen LogP contribution in [0.25, 0.3) is 10.4 Å². The molecule has 4 heteroatoms. The molecule has 0 atom stereocenters. The lowest BCUT2D eigenvalue weighted by Gasteiger charge is -2.02. The molecular weight excluding hydrogens is 206 g/mol. The lowest BCUT2D eigenvalue weighted by atomic mass is 10.1. The van der Waals surface area contributed by atoms with Crippen molar-refractivity contribution in [2.45, 2.75) is 0 Å². The van der Waals surface area contributed by atoms with E-state index < -0.39 is 11.6 Å². The molecule has 0 unspecified atom stereocenters. The molecule has 0 aliphatic rings. The van der Waals surface area contributed by atoms with Crippen LogP contribution in [0.15, 0.2) is 29.6 Å². The molecule has 0 aliphatic carbocycles. The van der Waals surface area contributed by atoms with Crippen molar-refractivity contribution < 1.29 is 13.9 Å². The van der Waals surface area contributed by atoms with Gasteiger partial charge in [0.25, 0.3) is 0 Å². The summed E-state index contributed by atoms with van der Waals surface area (Å²) in [5.74, 6) is -2.24. The Hall–Kier alpha value is -1.42. The molecule has 2 aromatic rings. The van der Waals surface area contributed by atoms with Crippen LogP contribution in [0.3, 0.4) is 0 Å². The number of hydrogen-bond donors (Lipinski definition) is 1. The first-order chi connectivity index (χ1) is 6.68. The molecule has 1 aromatic heterocycles. The second-order valence-electron chi connectivity index (χ2n) is 2.76. The summed E-state index contributed by atoms with van der Waals surface area (Å²) in [5.41, 5.74) is 0.318. The highest BCUT2D eigenvalue weighted by Gasteiger charge is 2.10. The zero-order valence-corrected chi connectivity index (χ0v) is 7.81. The van der Waals surface area contributed by atoms with Gasteiger partial charge in [0.1, 0.15) is 5.75 Å². The van der Waals surface area contributed by atoms with E-state index in [-0.39, 0.29) is 5.75 Å². The molecular formula is C10H6F2OS. The zero-order valence-electron chi connectivity index (χ0n) is 7.00. The van der Waals surface area contributed by atoms with Gasteiger partial charge < -0.3 is 5.11 Å². The van der Waals surface area contributed by atoms with Crippen molar-refractivity contribution in [1.29, 1.82) is 0 Å². The SMILES string of the molecule is Oc1cc(F)c(F)cc1-c1cccs1. The monoisotopic (exact) mass is 212 g/mol. The summed E-state index contributed by atoms with van der Waals surface area (Å²) in [6.45, 7) is 0. The summed E-state index contributed by atoms with van der Waals surface area (Å²) >= 11 is 1.36. The molecule has 0 saturated heterocycles. The summed E-state index contributed by atoms with van der Waals surface area (Å²) in [4.78, 5) is 0.710. The van der Waals surface area contributed by atoms with Gasteiger partial charge in [0, 0.05) is 16.5 Å². The summed E-state index contributed by atoms with van der Waals surface area (Å²) in [7, 11) is 0. The van der Waals surface area contributed by atoms with Crippen LogP contribution >= 0.6 is 11.3 Å². The van der Waals surface area contributed by atoms with E-state index in [4.69, 9.17) is 0 Å². The van der Waals surface area contributed by atoms with Gasteiger partial charge in [-0.2, -0.15) is 0 Å². The van der Waals surface area contributed by atoms with E-state index in [0.29, 0.717) is 10.4 Å². The van der Waals surface area contributed by atoms with Gasteiger partial charge in [0.15, 0.2) is 11.6 Å². The molecule has 1 N–H and O–H groups in total. The molecule has 0 bridgehead atoms. The van der Waals surface area contributed by atoms with E-state index in [1.807, 2.05) is 0 Å². The van der Waals surface area contributed by atoms with E-state index in [9.17, 15) is 13.9 Å². The smallest absolute Gasteiger partial charge is 0.162 e. The topological polar surface area (TPSA) is 20.2 Å². The van der Waals surface area contributed by atoms with E-state index >= 15 is 0 Å². The van der Waals surface area contributed by atoms with Crippen molar-refractivity contribution in [3.05, 3.63) is 41.3 Å². The molecule has 0 saturated carbocycles. The van der Waals surface area contributed by atoms with Crippen LogP contribution in [0.5, 0.6) is 5.75 Å². The van der Waals surface area contributed by atoms with Crippen LogP contribution in [0.2, 0.25) is 0 Å². The van der Waals surface area contributed by atoms with Crippen molar-refractivity contribution in [3.8, 4) is 16.2 Å². The molecule has 1 nitrogen and oxygen atoms in total. The average molecular weight is 212 g/mol. The van der Waals surface area contributed by atoms with Gasteiger partial charge in [-0.3, -0.25) is 0 Å². The van der Waals surface area contributed by atoms with E-state index in [1.54, 1.807) is 17.5 Å². The summed E-state index contributed by atoms with van der Waals surface area (Å²) in [6, 6.07) is 5.29. The Morgan fingerprint density at radius 2 is 1.86 bits per heavy atom. The normalized spacial score (nSPS) is 10.4. The van der Waals surface area contributed by atoms with Gasteiger partial charge >= 0.3 is 0 Å². The molecule has 0 aliphatic heterocycles. The third-order valence-corrected chi connectivity index (χ3v) is 2.73. The van der Waals surface area contributed by atoms with Gasteiger partial charge in [-0.15, -0.1) is 11.3 Å². The predicted molar refractivity (Wildman–Crippen MR) is 51.3 cm³/mol. The third-order valence-electron chi connectivity index (χ3n) is 1.83. The van der Waals surface area contributed by atoms with Crippen LogP contribution in [-0.2, 0) is 0 Å². The predicted octanol–water partition coefficient (Wildman–Crippen LogP) is 3.40. The van der Waals surface area contributed by atoms with Crippen molar-refractivity contribution in [2.24, 2.45) is 0 Å². The Morgan fingerprint density at radius 1 is 1.14 bits per heavy atom. The fraction of sp³-hybridized carbons (Fsp3) is 0. The lowest BCUT2D eigenvalue weighted by molar-refractivity contribution is 0.457. The maximum atomic E-state index is 12.9. The number of phenolic OH excluding ortho intramolecular Hbond substituents is 1. The van der Waals surface area contributed by atoms with Gasteiger partial charge in [-0.05, 0) is 17.5 Å². The van der Waals surface area contributed by atoms with Crippen molar-refractivity contribution in [1.82, 2.24) is 0 Å². The number of phenols is 1. The minimum atomic E-state index is -1.04. The van der Waals surface area contributed by atoms with Gasteiger partial charge in [-0.25, -0.2) is 8.78 Å². The van der Waals surface area contributed by atoms with E-state index in [2.05, 4.69) is 0 Å². The number of benzene rings is 1. The molecule has 72 valence electrons. The van der Waals surface area contributed by atoms with Crippen LogP contribution in [0.4, 0.5) is 8.78 Å². The quantitative estimate of drug-likeness (QED) is 0.768. The summed E-state index contributed by atoms with van der Waals surface area (Å²) in [5, 5.41) is 11.2. The zero-order chi connectivity index (χ0) is 10.1. The molecule has 0 amide bonds. The first-order valence-corrected chi connectivity index (χ1v) is 4.78. The maximum Gasteiger partial charge on any atom is 0.162 e. The molecule has 0 fully saturated rings. The number of aromatic hydroxyl groups is 1. The standard InChI is InChI=1S/C10H6F2OS/c11-7-4-6(9(13)5-8(7)12)10-2-1-3-14-10/h1-5,13H. The van der Waals surface area contributed by atoms with Crippen molar-refractivity contribution >= 4 is 11.3 Å². The summed E-state index contributed by atoms with van der Waals surface area (Å²) in [6.07, 6.45) is 0. The number of halogens is 2. The molecule has 2 rings (SSSR count). The van der Waals surface area contributed by atoms with Gasteiger partial charge in [-0.1, -0.05) is 6.07 Å². The highest BCUT2D eigenvalue weighted by molar-refractivity contribution is 7.13. The van der Waals surface area contributed by atoms with Crippen molar-refractivity contribution in [3.63, 3.8) is 0 Å². The number of rotatable bonds is 1. The molecule has 14 heavy (non-hydrogen) atoms. The number of thiophene rings is 1. The second-order valence-corrected chi connectivity index (χ2v) is 3.71. The largest absolute Gasteiger partial charge is 0.507 e. The lowest BCUT2D eigenvalue weighted by Crippen LogP contribution is -1.85. The van der Waals surface area contributed by atoms with E-state index in [1.165, 1.54) is 11.3 Å². The minimum absolute atomic E-state index is 0.244. The van der Waals surface area contributed by atoms with Crippen LogP contribution in [0.1, 0.15) is 0 Å². The highest BCUT2D eigenvalue weighted by atomic mass is 32.1. The molecule has 0 radical (unpaired) electrons. The fourth-order valence-electron chi connectivity index (χ4n) is 1.17. The molecule has 0 spiro atoms. The van der Waals surface area contributed by atoms with Crippen LogP contribution in [0, 0.1) is 11.6 Å². The Morgan fingerprint density at radius 3 is 2.50 bits per heavy atom. The average Bonchev–Trinajstić information content (AvgIpc) is 2.64. The van der Waals surface area contributed by atoms with Crippen LogP contribution < -0.4 is 0 Å². The minimum Gasteiger partial charge on any atom is -0.507 e. The highest BCUT2D eigenvalue weighted by Crippen LogP contribution is 2.33. The molecule has 1 aromatic carbocycles. The first-order valence-electron chi connectivity index (χ1n) is 3.90. The Labute approximate surface area is 83.3 Å². The third kappa shape index (κ3) is 1.48.